The van der Waals surface area contributed by atoms with E-state index >= 15 is 0 Å². The van der Waals surface area contributed by atoms with Crippen molar-refractivity contribution in [1.82, 2.24) is 10.2 Å². The van der Waals surface area contributed by atoms with Gasteiger partial charge in [0.1, 0.15) is 0 Å². The Morgan fingerprint density at radius 3 is 2.36 bits per heavy atom. The molecule has 1 heterocycles. The molecule has 0 unspecified atom stereocenters. The summed E-state index contributed by atoms with van der Waals surface area (Å²) in [5, 5.41) is 9.40. The molecule has 0 aliphatic carbocycles. The van der Waals surface area contributed by atoms with Crippen LogP contribution in [0.5, 0.6) is 0 Å². The monoisotopic (exact) mass is 358 g/mol. The highest BCUT2D eigenvalue weighted by atomic mass is 32.2. The molecule has 2 aromatic carbocycles. The van der Waals surface area contributed by atoms with E-state index in [0.717, 1.165) is 6.39 Å². The maximum absolute atomic E-state index is 12.7. The van der Waals surface area contributed by atoms with Crippen LogP contribution in [-0.2, 0) is 10.0 Å². The predicted octanol–water partition coefficient (Wildman–Crippen LogP) is 2.15. The Hall–Kier alpha value is -3.20. The summed E-state index contributed by atoms with van der Waals surface area (Å²) in [6.07, 6.45) is 1.09. The van der Waals surface area contributed by atoms with Crippen LogP contribution in [0.4, 0.5) is 11.7 Å². The second kappa shape index (κ2) is 6.73. The summed E-state index contributed by atoms with van der Waals surface area (Å²) in [6, 6.07) is 14.3. The van der Waals surface area contributed by atoms with E-state index in [1.165, 1.54) is 35.6 Å². The average molecular weight is 358 g/mol. The van der Waals surface area contributed by atoms with Crippen molar-refractivity contribution in [3.05, 3.63) is 66.6 Å². The summed E-state index contributed by atoms with van der Waals surface area (Å²) in [5.74, 6) is -0.482. The average Bonchev–Trinajstić information content (AvgIpc) is 3.15. The number of para-hydroxylation sites is 1. The van der Waals surface area contributed by atoms with E-state index in [1.807, 2.05) is 0 Å². The lowest BCUT2D eigenvalue weighted by Crippen LogP contribution is -2.26. The smallest absolute Gasteiger partial charge is 0.322 e. The number of hydrogen-bond donors (Lipinski definition) is 1. The first-order valence-corrected chi connectivity index (χ1v) is 8.64. The van der Waals surface area contributed by atoms with Crippen LogP contribution in [0.3, 0.4) is 0 Å². The van der Waals surface area contributed by atoms with E-state index in [-0.39, 0.29) is 16.5 Å². The summed E-state index contributed by atoms with van der Waals surface area (Å²) < 4.78 is 31.3. The zero-order valence-electron chi connectivity index (χ0n) is 13.2. The summed E-state index contributed by atoms with van der Waals surface area (Å²) in [5.41, 5.74) is 0.806. The van der Waals surface area contributed by atoms with Crippen molar-refractivity contribution in [2.24, 2.45) is 0 Å². The highest BCUT2D eigenvalue weighted by Gasteiger charge is 2.21. The van der Waals surface area contributed by atoms with Crippen LogP contribution in [0.2, 0.25) is 0 Å². The van der Waals surface area contributed by atoms with Crippen LogP contribution in [-0.4, -0.2) is 31.6 Å². The van der Waals surface area contributed by atoms with Gasteiger partial charge in [0.2, 0.25) is 6.39 Å². The van der Waals surface area contributed by atoms with Gasteiger partial charge in [0.15, 0.2) is 0 Å². The van der Waals surface area contributed by atoms with Gasteiger partial charge in [-0.05, 0) is 36.4 Å². The summed E-state index contributed by atoms with van der Waals surface area (Å²) in [6.45, 7) is 0. The third kappa shape index (κ3) is 3.50. The Labute approximate surface area is 144 Å². The first-order valence-electron chi connectivity index (χ1n) is 7.20. The zero-order valence-corrected chi connectivity index (χ0v) is 14.0. The third-order valence-electron chi connectivity index (χ3n) is 3.48. The van der Waals surface area contributed by atoms with Crippen molar-refractivity contribution in [3.8, 4) is 0 Å². The van der Waals surface area contributed by atoms with Crippen LogP contribution < -0.4 is 9.62 Å². The van der Waals surface area contributed by atoms with Crippen molar-refractivity contribution >= 4 is 27.6 Å². The van der Waals surface area contributed by atoms with E-state index in [0.29, 0.717) is 5.69 Å². The SMILES string of the molecule is CN(c1ccccc1)S(=O)(=O)c1ccc(C(=O)Nc2nnco2)cc1. The van der Waals surface area contributed by atoms with E-state index in [4.69, 9.17) is 4.42 Å². The fourth-order valence-corrected chi connectivity index (χ4v) is 3.31. The van der Waals surface area contributed by atoms with E-state index in [9.17, 15) is 13.2 Å². The van der Waals surface area contributed by atoms with Crippen LogP contribution in [0.1, 0.15) is 10.4 Å². The topological polar surface area (TPSA) is 105 Å². The molecule has 25 heavy (non-hydrogen) atoms. The second-order valence-corrected chi connectivity index (χ2v) is 7.00. The quantitative estimate of drug-likeness (QED) is 0.749. The molecule has 3 aromatic rings. The van der Waals surface area contributed by atoms with Gasteiger partial charge >= 0.3 is 6.01 Å². The van der Waals surface area contributed by atoms with E-state index in [2.05, 4.69) is 15.5 Å². The van der Waals surface area contributed by atoms with Crippen LogP contribution in [0, 0.1) is 0 Å². The molecular formula is C16H14N4O4S. The number of nitrogens with zero attached hydrogens (tertiary/aromatic N) is 3. The fourth-order valence-electron chi connectivity index (χ4n) is 2.11. The zero-order chi connectivity index (χ0) is 17.9. The lowest BCUT2D eigenvalue weighted by molar-refractivity contribution is 0.102. The molecule has 0 aliphatic rings. The number of aromatic nitrogens is 2. The molecule has 0 bridgehead atoms. The molecule has 0 saturated carbocycles. The molecule has 0 radical (unpaired) electrons. The molecule has 0 aliphatic heterocycles. The van der Waals surface area contributed by atoms with Gasteiger partial charge in [-0.2, -0.15) is 0 Å². The molecule has 1 amide bonds. The number of carbonyl (C=O) groups is 1. The molecule has 3 rings (SSSR count). The Bertz CT molecular complexity index is 955. The number of rotatable bonds is 5. The number of anilines is 2. The summed E-state index contributed by atoms with van der Waals surface area (Å²) >= 11 is 0. The van der Waals surface area contributed by atoms with Crippen LogP contribution >= 0.6 is 0 Å². The van der Waals surface area contributed by atoms with Gasteiger partial charge in [-0.1, -0.05) is 23.3 Å². The Kier molecular flexibility index (Phi) is 4.48. The molecular weight excluding hydrogens is 344 g/mol. The van der Waals surface area contributed by atoms with Gasteiger partial charge in [-0.15, -0.1) is 5.10 Å². The molecule has 1 aromatic heterocycles. The predicted molar refractivity (Wildman–Crippen MR) is 90.7 cm³/mol. The Morgan fingerprint density at radius 2 is 1.76 bits per heavy atom. The molecule has 1 N–H and O–H groups in total. The van der Waals surface area contributed by atoms with E-state index < -0.39 is 15.9 Å². The van der Waals surface area contributed by atoms with Gasteiger partial charge < -0.3 is 4.42 Å². The number of sulfonamides is 1. The van der Waals surface area contributed by atoms with Gasteiger partial charge in [-0.3, -0.25) is 14.4 Å². The van der Waals surface area contributed by atoms with E-state index in [1.54, 1.807) is 30.3 Å². The Balaban J connectivity index is 1.80. The largest absolute Gasteiger partial charge is 0.411 e. The minimum Gasteiger partial charge on any atom is -0.411 e. The second-order valence-electron chi connectivity index (χ2n) is 5.03. The molecule has 8 nitrogen and oxygen atoms in total. The minimum absolute atomic E-state index is 0.0366. The van der Waals surface area contributed by atoms with Gasteiger partial charge in [0.25, 0.3) is 15.9 Å². The summed E-state index contributed by atoms with van der Waals surface area (Å²) in [4.78, 5) is 12.1. The lowest BCUT2D eigenvalue weighted by Gasteiger charge is -2.19. The number of benzene rings is 2. The first kappa shape index (κ1) is 16.7. The van der Waals surface area contributed by atoms with Crippen molar-refractivity contribution < 1.29 is 17.6 Å². The first-order chi connectivity index (χ1) is 12.0. The normalized spacial score (nSPS) is 11.1. The van der Waals surface area contributed by atoms with Crippen molar-refractivity contribution in [2.45, 2.75) is 4.90 Å². The summed E-state index contributed by atoms with van der Waals surface area (Å²) in [7, 11) is -2.25. The lowest BCUT2D eigenvalue weighted by atomic mass is 10.2. The minimum atomic E-state index is -3.72. The molecule has 0 saturated heterocycles. The number of carbonyl (C=O) groups excluding carboxylic acids is 1. The highest BCUT2D eigenvalue weighted by Crippen LogP contribution is 2.22. The highest BCUT2D eigenvalue weighted by molar-refractivity contribution is 7.92. The maximum Gasteiger partial charge on any atom is 0.322 e. The van der Waals surface area contributed by atoms with Crippen molar-refractivity contribution in [3.63, 3.8) is 0 Å². The van der Waals surface area contributed by atoms with Crippen molar-refractivity contribution in [2.75, 3.05) is 16.7 Å². The third-order valence-corrected chi connectivity index (χ3v) is 5.27. The molecule has 0 spiro atoms. The van der Waals surface area contributed by atoms with Crippen LogP contribution in [0.15, 0.2) is 70.3 Å². The number of hydrogen-bond acceptors (Lipinski definition) is 6. The molecule has 128 valence electrons. The van der Waals surface area contributed by atoms with Gasteiger partial charge in [-0.25, -0.2) is 8.42 Å². The number of amides is 1. The number of nitrogens with one attached hydrogen (secondary N) is 1. The maximum atomic E-state index is 12.7. The molecule has 0 fully saturated rings. The van der Waals surface area contributed by atoms with Crippen LogP contribution in [0.25, 0.3) is 0 Å². The molecule has 0 atom stereocenters. The van der Waals surface area contributed by atoms with Gasteiger partial charge in [0, 0.05) is 12.6 Å². The van der Waals surface area contributed by atoms with Crippen molar-refractivity contribution in [1.29, 1.82) is 0 Å². The van der Waals surface area contributed by atoms with Gasteiger partial charge in [0.05, 0.1) is 10.6 Å². The standard InChI is InChI=1S/C16H14N4O4S/c1-20(13-5-3-2-4-6-13)25(22,23)14-9-7-12(8-10-14)15(21)18-16-19-17-11-24-16/h2-11H,1H3,(H,18,19,21). The molecule has 9 heteroatoms. The Morgan fingerprint density at radius 1 is 1.08 bits per heavy atom. The fraction of sp³-hybridized carbons (Fsp3) is 0.0625.